The van der Waals surface area contributed by atoms with Gasteiger partial charge in [-0.05, 0) is 11.5 Å². The first kappa shape index (κ1) is 10.8. The van der Waals surface area contributed by atoms with Crippen molar-refractivity contribution in [2.24, 2.45) is 0 Å². The second-order valence-electron chi connectivity index (χ2n) is 1.72. The van der Waals surface area contributed by atoms with Gasteiger partial charge in [0.05, 0.1) is 5.25 Å². The van der Waals surface area contributed by atoms with Crippen molar-refractivity contribution < 1.29 is 0 Å². The molecule has 0 bridgehead atoms. The molecule has 0 aliphatic rings. The molecule has 3 heteroatoms. The van der Waals surface area contributed by atoms with E-state index in [4.69, 9.17) is 12.2 Å². The van der Waals surface area contributed by atoms with E-state index in [0.29, 0.717) is 5.25 Å². The lowest BCUT2D eigenvalue weighted by Gasteiger charge is -2.06. The molecule has 0 amide bonds. The van der Waals surface area contributed by atoms with Gasteiger partial charge in [-0.2, -0.15) is 23.5 Å². The van der Waals surface area contributed by atoms with E-state index in [-0.39, 0.29) is 0 Å². The van der Waals surface area contributed by atoms with E-state index in [0.717, 1.165) is 11.5 Å². The average Bonchev–Trinajstić information content (AvgIpc) is 1.98. The highest BCUT2D eigenvalue weighted by molar-refractivity contribution is 8.04. The second kappa shape index (κ2) is 7.89. The van der Waals surface area contributed by atoms with Crippen LogP contribution in [0.15, 0.2) is 0 Å². The number of hydrogen-bond acceptors (Lipinski definition) is 3. The van der Waals surface area contributed by atoms with Gasteiger partial charge in [0.1, 0.15) is 0 Å². The highest BCUT2D eigenvalue weighted by atomic mass is 32.2. The van der Waals surface area contributed by atoms with Gasteiger partial charge in [0.15, 0.2) is 0 Å². The lowest BCUT2D eigenvalue weighted by atomic mass is 10.6. The van der Waals surface area contributed by atoms with Gasteiger partial charge in [-0.15, -0.1) is 0 Å². The van der Waals surface area contributed by atoms with Gasteiger partial charge < -0.3 is 0 Å². The molecular formula is C7H13S3. The van der Waals surface area contributed by atoms with Crippen molar-refractivity contribution >= 4 is 41.1 Å². The SMILES string of the molecule is CCSCC([C]=S)SCC. The maximum atomic E-state index is 4.77. The van der Waals surface area contributed by atoms with E-state index < -0.39 is 0 Å². The summed E-state index contributed by atoms with van der Waals surface area (Å²) in [6.07, 6.45) is 0. The first-order chi connectivity index (χ1) is 4.85. The molecule has 0 fully saturated rings. The van der Waals surface area contributed by atoms with Crippen molar-refractivity contribution in [3.63, 3.8) is 0 Å². The van der Waals surface area contributed by atoms with Crippen LogP contribution in [0, 0.1) is 0 Å². The zero-order valence-electron chi connectivity index (χ0n) is 6.42. The van der Waals surface area contributed by atoms with Crippen molar-refractivity contribution in [3.05, 3.63) is 0 Å². The fourth-order valence-corrected chi connectivity index (χ4v) is 2.61. The summed E-state index contributed by atoms with van der Waals surface area (Å²) in [6.45, 7) is 4.32. The summed E-state index contributed by atoms with van der Waals surface area (Å²) in [5, 5.41) is 3.33. The summed E-state index contributed by atoms with van der Waals surface area (Å²) in [7, 11) is 0. The van der Waals surface area contributed by atoms with Crippen molar-refractivity contribution in [2.75, 3.05) is 17.3 Å². The summed E-state index contributed by atoms with van der Waals surface area (Å²) in [5.74, 6) is 3.44. The monoisotopic (exact) mass is 193 g/mol. The van der Waals surface area contributed by atoms with Gasteiger partial charge in [0.2, 0.25) is 0 Å². The predicted molar refractivity (Wildman–Crippen MR) is 57.5 cm³/mol. The molecule has 0 saturated heterocycles. The standard InChI is InChI=1S/C7H13S3/c1-3-9-6-7(5-8)10-4-2/h7H,3-4,6H2,1-2H3. The Morgan fingerprint density at radius 2 is 2.10 bits per heavy atom. The van der Waals surface area contributed by atoms with Crippen LogP contribution < -0.4 is 0 Å². The van der Waals surface area contributed by atoms with Crippen LogP contribution in [0.5, 0.6) is 0 Å². The molecule has 10 heavy (non-hydrogen) atoms. The Bertz CT molecular complexity index is 82.9. The van der Waals surface area contributed by atoms with Crippen molar-refractivity contribution in [1.82, 2.24) is 0 Å². The molecule has 0 saturated carbocycles. The molecule has 1 radical (unpaired) electrons. The summed E-state index contributed by atoms with van der Waals surface area (Å²) < 4.78 is 0. The molecule has 1 atom stereocenters. The molecule has 0 N–H and O–H groups in total. The third kappa shape index (κ3) is 5.57. The Labute approximate surface area is 77.5 Å². The molecule has 0 heterocycles. The van der Waals surface area contributed by atoms with Gasteiger partial charge in [-0.25, -0.2) is 0 Å². The zero-order valence-corrected chi connectivity index (χ0v) is 8.87. The quantitative estimate of drug-likeness (QED) is 0.595. The Balaban J connectivity index is 3.29. The van der Waals surface area contributed by atoms with Crippen LogP contribution in [-0.4, -0.2) is 27.9 Å². The number of rotatable bonds is 6. The lowest BCUT2D eigenvalue weighted by molar-refractivity contribution is 1.36. The maximum Gasteiger partial charge on any atom is 0.0501 e. The molecular weight excluding hydrogens is 180 g/mol. The largest absolute Gasteiger partial charge is 0.161 e. The first-order valence-corrected chi connectivity index (χ1v) is 6.03. The Morgan fingerprint density at radius 3 is 2.50 bits per heavy atom. The summed E-state index contributed by atoms with van der Waals surface area (Å²) in [5.41, 5.74) is 0. The van der Waals surface area contributed by atoms with Crippen LogP contribution in [0.4, 0.5) is 0 Å². The molecule has 0 aromatic carbocycles. The zero-order chi connectivity index (χ0) is 7.82. The maximum absolute atomic E-state index is 4.77. The van der Waals surface area contributed by atoms with Gasteiger partial charge in [-0.3, -0.25) is 0 Å². The number of thiocarbonyl (C=S) groups is 1. The number of hydrogen-bond donors (Lipinski definition) is 0. The molecule has 0 aliphatic heterocycles. The molecule has 0 aromatic heterocycles. The Hall–Kier alpha value is 0.790. The lowest BCUT2D eigenvalue weighted by Crippen LogP contribution is -2.06. The molecule has 0 spiro atoms. The van der Waals surface area contributed by atoms with Crippen molar-refractivity contribution in [3.8, 4) is 0 Å². The number of thioether (sulfide) groups is 2. The van der Waals surface area contributed by atoms with E-state index in [1.807, 2.05) is 23.5 Å². The minimum Gasteiger partial charge on any atom is -0.161 e. The minimum absolute atomic E-state index is 0.463. The predicted octanol–water partition coefficient (Wildman–Crippen LogP) is 2.74. The first-order valence-electron chi connectivity index (χ1n) is 3.42. The summed E-state index contributed by atoms with van der Waals surface area (Å²) >= 11 is 8.58. The van der Waals surface area contributed by atoms with Crippen LogP contribution in [-0.2, 0) is 0 Å². The van der Waals surface area contributed by atoms with E-state index in [9.17, 15) is 0 Å². The third-order valence-electron chi connectivity index (χ3n) is 0.973. The van der Waals surface area contributed by atoms with Crippen LogP contribution in [0.3, 0.4) is 0 Å². The fourth-order valence-electron chi connectivity index (χ4n) is 0.542. The fraction of sp³-hybridized carbons (Fsp3) is 0.857. The van der Waals surface area contributed by atoms with E-state index in [1.165, 1.54) is 5.75 Å². The normalized spacial score (nSPS) is 13.0. The van der Waals surface area contributed by atoms with E-state index in [1.54, 1.807) is 0 Å². The van der Waals surface area contributed by atoms with Crippen LogP contribution in [0.25, 0.3) is 0 Å². The topological polar surface area (TPSA) is 0 Å². The Kier molecular flexibility index (Phi) is 8.52. The van der Waals surface area contributed by atoms with Gasteiger partial charge >= 0.3 is 0 Å². The highest BCUT2D eigenvalue weighted by Crippen LogP contribution is 2.14. The van der Waals surface area contributed by atoms with Crippen molar-refractivity contribution in [1.29, 1.82) is 0 Å². The highest BCUT2D eigenvalue weighted by Gasteiger charge is 2.02. The van der Waals surface area contributed by atoms with Crippen LogP contribution in [0.1, 0.15) is 13.8 Å². The third-order valence-corrected chi connectivity index (χ3v) is 3.61. The molecule has 0 rings (SSSR count). The smallest absolute Gasteiger partial charge is 0.0501 e. The minimum atomic E-state index is 0.463. The molecule has 0 nitrogen and oxygen atoms in total. The van der Waals surface area contributed by atoms with Gasteiger partial charge in [0.25, 0.3) is 0 Å². The summed E-state index contributed by atoms with van der Waals surface area (Å²) in [6, 6.07) is 0. The van der Waals surface area contributed by atoms with Gasteiger partial charge in [0, 0.05) is 11.1 Å². The van der Waals surface area contributed by atoms with Crippen LogP contribution in [0.2, 0.25) is 0 Å². The average molecular weight is 193 g/mol. The molecule has 0 aromatic rings. The van der Waals surface area contributed by atoms with E-state index in [2.05, 4.69) is 19.2 Å². The molecule has 1 unspecified atom stereocenters. The van der Waals surface area contributed by atoms with E-state index >= 15 is 0 Å². The van der Waals surface area contributed by atoms with Crippen LogP contribution >= 0.6 is 35.7 Å². The second-order valence-corrected chi connectivity index (χ2v) is 4.76. The Morgan fingerprint density at radius 1 is 1.40 bits per heavy atom. The molecule has 59 valence electrons. The van der Waals surface area contributed by atoms with Crippen molar-refractivity contribution in [2.45, 2.75) is 19.1 Å². The summed E-state index contributed by atoms with van der Waals surface area (Å²) in [4.78, 5) is 0. The molecule has 0 aliphatic carbocycles. The van der Waals surface area contributed by atoms with Gasteiger partial charge in [-0.1, -0.05) is 26.1 Å².